The molecule has 1 aliphatic heterocycles. The summed E-state index contributed by atoms with van der Waals surface area (Å²) in [6.45, 7) is 2.48. The van der Waals surface area contributed by atoms with Crippen LogP contribution in [0.2, 0.25) is 5.02 Å². The summed E-state index contributed by atoms with van der Waals surface area (Å²) in [5, 5.41) is 14.6. The average Bonchev–Trinajstić information content (AvgIpc) is 3.43. The summed E-state index contributed by atoms with van der Waals surface area (Å²) in [5.74, 6) is 0.165. The zero-order valence-electron chi connectivity index (χ0n) is 20.5. The van der Waals surface area contributed by atoms with Crippen LogP contribution in [0.15, 0.2) is 41.2 Å². The maximum atomic E-state index is 15.7. The molecule has 2 N–H and O–H groups in total. The SMILES string of the molecule is COc1ccc2ncc(Cl)c(C(F)CCC3(C(=O)NO)CCN(CCCCc4ccsc4)CC3)c2c1. The summed E-state index contributed by atoms with van der Waals surface area (Å²) in [7, 11) is 1.55. The molecule has 1 aromatic carbocycles. The number of benzene rings is 1. The van der Waals surface area contributed by atoms with Gasteiger partial charge in [-0.1, -0.05) is 11.6 Å². The van der Waals surface area contributed by atoms with E-state index in [0.717, 1.165) is 38.9 Å². The van der Waals surface area contributed by atoms with Gasteiger partial charge in [0, 0.05) is 17.1 Å². The molecule has 1 amide bonds. The minimum atomic E-state index is -1.38. The molecule has 0 spiro atoms. The molecule has 1 fully saturated rings. The molecule has 36 heavy (non-hydrogen) atoms. The largest absolute Gasteiger partial charge is 0.497 e. The second kappa shape index (κ2) is 12.3. The van der Waals surface area contributed by atoms with Crippen molar-refractivity contribution in [2.75, 3.05) is 26.7 Å². The van der Waals surface area contributed by atoms with Crippen molar-refractivity contribution in [2.24, 2.45) is 5.41 Å². The number of amides is 1. The van der Waals surface area contributed by atoms with Crippen molar-refractivity contribution < 1.29 is 19.1 Å². The van der Waals surface area contributed by atoms with Crippen LogP contribution < -0.4 is 10.2 Å². The van der Waals surface area contributed by atoms with Gasteiger partial charge >= 0.3 is 0 Å². The van der Waals surface area contributed by atoms with Crippen molar-refractivity contribution in [2.45, 2.75) is 51.1 Å². The van der Waals surface area contributed by atoms with Crippen molar-refractivity contribution in [3.63, 3.8) is 0 Å². The molecule has 2 aromatic heterocycles. The molecule has 194 valence electrons. The van der Waals surface area contributed by atoms with Gasteiger partial charge in [0.25, 0.3) is 0 Å². The number of carbonyl (C=O) groups is 1. The second-order valence-electron chi connectivity index (χ2n) is 9.56. The molecule has 3 heterocycles. The highest BCUT2D eigenvalue weighted by Gasteiger charge is 2.41. The number of rotatable bonds is 11. The summed E-state index contributed by atoms with van der Waals surface area (Å²) in [6.07, 6.45) is 4.98. The quantitative estimate of drug-likeness (QED) is 0.170. The van der Waals surface area contributed by atoms with Crippen molar-refractivity contribution in [3.8, 4) is 5.75 Å². The van der Waals surface area contributed by atoms with Gasteiger partial charge < -0.3 is 9.64 Å². The maximum absolute atomic E-state index is 15.7. The third-order valence-electron chi connectivity index (χ3n) is 7.42. The molecule has 1 aliphatic rings. The zero-order chi connectivity index (χ0) is 25.5. The van der Waals surface area contributed by atoms with Crippen LogP contribution in [0, 0.1) is 5.41 Å². The third kappa shape index (κ3) is 6.17. The van der Waals surface area contributed by atoms with Gasteiger partial charge in [-0.2, -0.15) is 11.3 Å². The molecular formula is C27H33ClFN3O3S. The van der Waals surface area contributed by atoms with E-state index >= 15 is 4.39 Å². The number of pyridine rings is 1. The van der Waals surface area contributed by atoms with E-state index in [-0.39, 0.29) is 11.4 Å². The number of hydrogen-bond acceptors (Lipinski definition) is 6. The topological polar surface area (TPSA) is 74.7 Å². The molecule has 1 atom stereocenters. The van der Waals surface area contributed by atoms with E-state index in [1.165, 1.54) is 11.8 Å². The van der Waals surface area contributed by atoms with Gasteiger partial charge in [0.15, 0.2) is 0 Å². The van der Waals surface area contributed by atoms with E-state index in [9.17, 15) is 10.0 Å². The third-order valence-corrected chi connectivity index (χ3v) is 8.46. The second-order valence-corrected chi connectivity index (χ2v) is 10.7. The fourth-order valence-electron chi connectivity index (χ4n) is 5.17. The van der Waals surface area contributed by atoms with Gasteiger partial charge in [-0.3, -0.25) is 15.0 Å². The lowest BCUT2D eigenvalue weighted by Gasteiger charge is -2.40. The van der Waals surface area contributed by atoms with Crippen LogP contribution in [0.3, 0.4) is 0 Å². The first kappa shape index (κ1) is 26.8. The molecule has 1 saturated heterocycles. The molecule has 4 rings (SSSR count). The predicted molar refractivity (Wildman–Crippen MR) is 142 cm³/mol. The zero-order valence-corrected chi connectivity index (χ0v) is 22.1. The van der Waals surface area contributed by atoms with Crippen LogP contribution in [0.25, 0.3) is 10.9 Å². The number of hydrogen-bond donors (Lipinski definition) is 2. The molecule has 6 nitrogen and oxygen atoms in total. The summed E-state index contributed by atoms with van der Waals surface area (Å²) >= 11 is 8.11. The Bertz CT molecular complexity index is 1150. The van der Waals surface area contributed by atoms with Crippen LogP contribution in [-0.4, -0.2) is 47.7 Å². The van der Waals surface area contributed by atoms with E-state index in [1.807, 2.05) is 5.48 Å². The van der Waals surface area contributed by atoms with E-state index in [2.05, 4.69) is 26.7 Å². The highest BCUT2D eigenvalue weighted by molar-refractivity contribution is 7.07. The molecule has 0 bridgehead atoms. The van der Waals surface area contributed by atoms with E-state index in [4.69, 9.17) is 16.3 Å². The van der Waals surface area contributed by atoms with Gasteiger partial charge in [-0.15, -0.1) is 0 Å². The number of nitrogens with one attached hydrogen (secondary N) is 1. The lowest BCUT2D eigenvalue weighted by atomic mass is 9.73. The lowest BCUT2D eigenvalue weighted by Crippen LogP contribution is -2.48. The number of carbonyl (C=O) groups excluding carboxylic acids is 1. The van der Waals surface area contributed by atoms with Crippen molar-refractivity contribution in [1.82, 2.24) is 15.4 Å². The van der Waals surface area contributed by atoms with Gasteiger partial charge in [0.05, 0.1) is 23.1 Å². The predicted octanol–water partition coefficient (Wildman–Crippen LogP) is 6.36. The molecule has 0 aliphatic carbocycles. The van der Waals surface area contributed by atoms with Crippen LogP contribution in [0.4, 0.5) is 4.39 Å². The minimum Gasteiger partial charge on any atom is -0.497 e. The fourth-order valence-corrected chi connectivity index (χ4v) is 6.15. The number of alkyl halides is 1. The Morgan fingerprint density at radius 3 is 2.83 bits per heavy atom. The summed E-state index contributed by atoms with van der Waals surface area (Å²) in [6, 6.07) is 7.46. The van der Waals surface area contributed by atoms with E-state index in [0.29, 0.717) is 41.5 Å². The van der Waals surface area contributed by atoms with Crippen molar-refractivity contribution in [1.29, 1.82) is 0 Å². The summed E-state index contributed by atoms with van der Waals surface area (Å²) in [4.78, 5) is 19.4. The Balaban J connectivity index is 1.38. The average molecular weight is 534 g/mol. The molecule has 0 saturated carbocycles. The first-order valence-corrected chi connectivity index (χ1v) is 13.7. The molecular weight excluding hydrogens is 501 g/mol. The number of nitrogens with zero attached hydrogens (tertiary/aromatic N) is 2. The number of thiophene rings is 1. The number of piperidine rings is 1. The molecule has 0 radical (unpaired) electrons. The van der Waals surface area contributed by atoms with Crippen LogP contribution in [0.5, 0.6) is 5.75 Å². The Labute approximate surface area is 220 Å². The lowest BCUT2D eigenvalue weighted by molar-refractivity contribution is -0.143. The Morgan fingerprint density at radius 2 is 2.14 bits per heavy atom. The molecule has 3 aromatic rings. The molecule has 1 unspecified atom stereocenters. The number of aryl methyl sites for hydroxylation is 1. The smallest absolute Gasteiger partial charge is 0.249 e. The van der Waals surface area contributed by atoms with Crippen molar-refractivity contribution >= 4 is 39.7 Å². The number of aromatic nitrogens is 1. The highest BCUT2D eigenvalue weighted by Crippen LogP contribution is 2.42. The normalized spacial score (nSPS) is 16.7. The number of hydroxylamine groups is 1. The fraction of sp³-hybridized carbons (Fsp3) is 0.481. The van der Waals surface area contributed by atoms with E-state index in [1.54, 1.807) is 36.6 Å². The summed E-state index contributed by atoms with van der Waals surface area (Å²) in [5.41, 5.74) is 3.42. The standard InChI is InChI=1S/C27H33ClFN3O3S/c1-35-20-5-6-24-21(16-20)25(22(28)17-30-24)23(29)7-9-27(26(33)31-34)10-13-32(14-11-27)12-3-2-4-19-8-15-36-18-19/h5-6,8,15-18,23,34H,2-4,7,9-14H2,1H3,(H,31,33). The number of halogens is 2. The minimum absolute atomic E-state index is 0.115. The number of likely N-dealkylation sites (tertiary alicyclic amines) is 1. The number of methoxy groups -OCH3 is 1. The van der Waals surface area contributed by atoms with Crippen molar-refractivity contribution in [3.05, 3.63) is 57.4 Å². The van der Waals surface area contributed by atoms with E-state index < -0.39 is 17.5 Å². The van der Waals surface area contributed by atoms with Gasteiger partial charge in [-0.05, 0) is 105 Å². The first-order chi connectivity index (χ1) is 17.5. The number of ether oxygens (including phenoxy) is 1. The van der Waals surface area contributed by atoms with Crippen LogP contribution >= 0.6 is 22.9 Å². The number of unbranched alkanes of at least 4 members (excludes halogenated alkanes) is 1. The number of fused-ring (bicyclic) bond motifs is 1. The molecule has 9 heteroatoms. The van der Waals surface area contributed by atoms with Gasteiger partial charge in [-0.25, -0.2) is 9.87 Å². The first-order valence-electron chi connectivity index (χ1n) is 12.4. The van der Waals surface area contributed by atoms with Crippen LogP contribution in [-0.2, 0) is 11.2 Å². The highest BCUT2D eigenvalue weighted by atomic mass is 35.5. The Morgan fingerprint density at radius 1 is 1.33 bits per heavy atom. The van der Waals surface area contributed by atoms with Gasteiger partial charge in [0.1, 0.15) is 11.9 Å². The Kier molecular flexibility index (Phi) is 9.17. The monoisotopic (exact) mass is 533 g/mol. The maximum Gasteiger partial charge on any atom is 0.249 e. The van der Waals surface area contributed by atoms with Gasteiger partial charge in [0.2, 0.25) is 5.91 Å². The van der Waals surface area contributed by atoms with Crippen LogP contribution in [0.1, 0.15) is 55.8 Å². The Hall–Kier alpha value is -2.26. The summed E-state index contributed by atoms with van der Waals surface area (Å²) < 4.78 is 21.0.